The molecule has 1 aromatic carbocycles. The number of hydrogen-bond acceptors (Lipinski definition) is 3. The van der Waals surface area contributed by atoms with Gasteiger partial charge >= 0.3 is 0 Å². The molecule has 4 heteroatoms. The second-order valence-corrected chi connectivity index (χ2v) is 7.41. The zero-order valence-corrected chi connectivity index (χ0v) is 11.6. The van der Waals surface area contributed by atoms with E-state index < -0.39 is 9.84 Å². The highest BCUT2D eigenvalue weighted by molar-refractivity contribution is 7.91. The van der Waals surface area contributed by atoms with Gasteiger partial charge in [-0.25, -0.2) is 8.42 Å². The van der Waals surface area contributed by atoms with Gasteiger partial charge in [0.15, 0.2) is 9.84 Å². The van der Waals surface area contributed by atoms with Crippen LogP contribution in [0, 0.1) is 5.92 Å². The van der Waals surface area contributed by atoms with Gasteiger partial charge in [-0.1, -0.05) is 37.3 Å². The Hall–Kier alpha value is -0.870. The predicted molar refractivity (Wildman–Crippen MR) is 74.2 cm³/mol. The highest BCUT2D eigenvalue weighted by atomic mass is 32.2. The Kier molecular flexibility index (Phi) is 3.78. The van der Waals surface area contributed by atoms with Gasteiger partial charge in [-0.05, 0) is 24.3 Å². The van der Waals surface area contributed by atoms with E-state index in [1.807, 2.05) is 18.2 Å². The van der Waals surface area contributed by atoms with Crippen molar-refractivity contribution in [3.05, 3.63) is 35.9 Å². The fraction of sp³-hybridized carbons (Fsp3) is 0.571. The van der Waals surface area contributed by atoms with Crippen molar-refractivity contribution in [3.8, 4) is 0 Å². The quantitative estimate of drug-likeness (QED) is 0.903. The van der Waals surface area contributed by atoms with Crippen LogP contribution in [0.4, 0.5) is 0 Å². The van der Waals surface area contributed by atoms with Crippen LogP contribution < -0.4 is 5.73 Å². The van der Waals surface area contributed by atoms with E-state index in [9.17, 15) is 8.42 Å². The van der Waals surface area contributed by atoms with E-state index in [-0.39, 0.29) is 17.1 Å². The summed E-state index contributed by atoms with van der Waals surface area (Å²) in [7, 11) is -2.86. The Morgan fingerprint density at radius 3 is 2.44 bits per heavy atom. The summed E-state index contributed by atoms with van der Waals surface area (Å²) >= 11 is 0. The molecule has 0 saturated carbocycles. The summed E-state index contributed by atoms with van der Waals surface area (Å²) in [6.07, 6.45) is 1.62. The summed E-state index contributed by atoms with van der Waals surface area (Å²) < 4.78 is 23.4. The molecular weight excluding hydrogens is 246 g/mol. The fourth-order valence-electron chi connectivity index (χ4n) is 3.16. The summed E-state index contributed by atoms with van der Waals surface area (Å²) in [4.78, 5) is 0. The highest BCUT2D eigenvalue weighted by Crippen LogP contribution is 2.40. The van der Waals surface area contributed by atoms with Gasteiger partial charge in [-0.2, -0.15) is 0 Å². The minimum absolute atomic E-state index is 0.153. The minimum atomic E-state index is -2.86. The molecule has 1 aliphatic rings. The van der Waals surface area contributed by atoms with Gasteiger partial charge < -0.3 is 5.73 Å². The molecule has 18 heavy (non-hydrogen) atoms. The van der Waals surface area contributed by atoms with Crippen LogP contribution in [-0.4, -0.2) is 26.5 Å². The number of hydrogen-bond donors (Lipinski definition) is 1. The van der Waals surface area contributed by atoms with Crippen molar-refractivity contribution in [2.45, 2.75) is 25.2 Å². The lowest BCUT2D eigenvalue weighted by molar-refractivity contribution is 0.289. The van der Waals surface area contributed by atoms with Crippen LogP contribution >= 0.6 is 0 Å². The van der Waals surface area contributed by atoms with Crippen LogP contribution in [-0.2, 0) is 15.3 Å². The maximum atomic E-state index is 11.7. The van der Waals surface area contributed by atoms with E-state index in [1.54, 1.807) is 0 Å². The third-order valence-electron chi connectivity index (χ3n) is 4.36. The molecule has 100 valence electrons. The molecule has 1 aromatic rings. The van der Waals surface area contributed by atoms with Gasteiger partial charge in [0.2, 0.25) is 0 Å². The molecule has 2 N–H and O–H groups in total. The molecule has 0 spiro atoms. The summed E-state index contributed by atoms with van der Waals surface area (Å²) in [6, 6.07) is 10.1. The molecular formula is C14H21NO2S. The maximum Gasteiger partial charge on any atom is 0.150 e. The fourth-order valence-corrected chi connectivity index (χ4v) is 5.07. The molecule has 0 aliphatic carbocycles. The number of nitrogens with two attached hydrogens (primary N) is 1. The van der Waals surface area contributed by atoms with Gasteiger partial charge in [-0.15, -0.1) is 0 Å². The average Bonchev–Trinajstić information content (AvgIpc) is 2.74. The summed E-state index contributed by atoms with van der Waals surface area (Å²) in [5.41, 5.74) is 7.01. The molecule has 3 nitrogen and oxygen atoms in total. The molecule has 1 aliphatic heterocycles. The molecule has 0 aromatic heterocycles. The Morgan fingerprint density at radius 1 is 1.33 bits per heavy atom. The minimum Gasteiger partial charge on any atom is -0.330 e. The van der Waals surface area contributed by atoms with Gasteiger partial charge in [0.25, 0.3) is 0 Å². The van der Waals surface area contributed by atoms with Crippen LogP contribution in [0.2, 0.25) is 0 Å². The van der Waals surface area contributed by atoms with Crippen molar-refractivity contribution in [1.29, 1.82) is 0 Å². The van der Waals surface area contributed by atoms with Crippen LogP contribution in [0.5, 0.6) is 0 Å². The first-order valence-corrected chi connectivity index (χ1v) is 8.32. The van der Waals surface area contributed by atoms with E-state index in [4.69, 9.17) is 5.73 Å². The normalized spacial score (nSPS) is 25.8. The van der Waals surface area contributed by atoms with Crippen LogP contribution in [0.15, 0.2) is 30.3 Å². The molecule has 0 bridgehead atoms. The molecule has 0 radical (unpaired) electrons. The number of rotatable bonds is 4. The monoisotopic (exact) mass is 267 g/mol. The Morgan fingerprint density at radius 2 is 2.00 bits per heavy atom. The zero-order valence-electron chi connectivity index (χ0n) is 10.8. The Balaban J connectivity index is 2.39. The molecule has 2 rings (SSSR count). The lowest BCUT2D eigenvalue weighted by Crippen LogP contribution is -2.42. The van der Waals surface area contributed by atoms with Gasteiger partial charge in [0.1, 0.15) is 0 Å². The van der Waals surface area contributed by atoms with Crippen molar-refractivity contribution in [2.24, 2.45) is 11.7 Å². The molecule has 1 heterocycles. The predicted octanol–water partition coefficient (Wildman–Crippen LogP) is 1.73. The van der Waals surface area contributed by atoms with Crippen molar-refractivity contribution in [3.63, 3.8) is 0 Å². The molecule has 1 fully saturated rings. The van der Waals surface area contributed by atoms with Gasteiger partial charge in [0, 0.05) is 12.0 Å². The van der Waals surface area contributed by atoms with Crippen molar-refractivity contribution in [1.82, 2.24) is 0 Å². The SMILES string of the molecule is CCC(CN)(c1ccccc1)C1CCS(=O)(=O)C1. The van der Waals surface area contributed by atoms with Crippen molar-refractivity contribution < 1.29 is 8.42 Å². The van der Waals surface area contributed by atoms with E-state index in [1.165, 1.54) is 5.56 Å². The van der Waals surface area contributed by atoms with Crippen molar-refractivity contribution in [2.75, 3.05) is 18.1 Å². The molecule has 2 atom stereocenters. The Labute approximate surface area is 109 Å². The van der Waals surface area contributed by atoms with Crippen LogP contribution in [0.3, 0.4) is 0 Å². The smallest absolute Gasteiger partial charge is 0.150 e. The molecule has 0 amide bonds. The first kappa shape index (κ1) is 13.6. The number of sulfone groups is 1. The zero-order chi connectivity index (χ0) is 13.2. The van der Waals surface area contributed by atoms with Gasteiger partial charge in [-0.3, -0.25) is 0 Å². The Bertz CT molecular complexity index is 492. The molecule has 1 saturated heterocycles. The first-order valence-electron chi connectivity index (χ1n) is 6.50. The van der Waals surface area contributed by atoms with Crippen molar-refractivity contribution >= 4 is 9.84 Å². The van der Waals surface area contributed by atoms with E-state index in [0.717, 1.165) is 12.8 Å². The van der Waals surface area contributed by atoms with E-state index in [2.05, 4.69) is 19.1 Å². The third-order valence-corrected chi connectivity index (χ3v) is 6.13. The lowest BCUT2D eigenvalue weighted by Gasteiger charge is -2.37. The summed E-state index contributed by atoms with van der Waals surface area (Å²) in [5.74, 6) is 0.749. The summed E-state index contributed by atoms with van der Waals surface area (Å²) in [6.45, 7) is 2.61. The number of benzene rings is 1. The van der Waals surface area contributed by atoms with Crippen LogP contribution in [0.25, 0.3) is 0 Å². The maximum absolute atomic E-state index is 11.7. The van der Waals surface area contributed by atoms with E-state index in [0.29, 0.717) is 12.3 Å². The average molecular weight is 267 g/mol. The third kappa shape index (κ3) is 2.31. The standard InChI is InChI=1S/C14H21NO2S/c1-2-14(11-15,12-6-4-3-5-7-12)13-8-9-18(16,17)10-13/h3-7,13H,2,8-11,15H2,1H3. The second kappa shape index (κ2) is 5.02. The lowest BCUT2D eigenvalue weighted by atomic mass is 9.68. The first-order chi connectivity index (χ1) is 8.54. The summed E-state index contributed by atoms with van der Waals surface area (Å²) in [5, 5.41) is 0. The second-order valence-electron chi connectivity index (χ2n) is 5.18. The van der Waals surface area contributed by atoms with E-state index >= 15 is 0 Å². The topological polar surface area (TPSA) is 60.2 Å². The van der Waals surface area contributed by atoms with Crippen LogP contribution in [0.1, 0.15) is 25.3 Å². The largest absolute Gasteiger partial charge is 0.330 e. The highest BCUT2D eigenvalue weighted by Gasteiger charge is 2.43. The van der Waals surface area contributed by atoms with Gasteiger partial charge in [0.05, 0.1) is 11.5 Å². The molecule has 2 unspecified atom stereocenters.